The third-order valence-corrected chi connectivity index (χ3v) is 3.21. The van der Waals surface area contributed by atoms with Crippen LogP contribution in [0, 0.1) is 5.82 Å². The van der Waals surface area contributed by atoms with E-state index in [0.29, 0.717) is 0 Å². The number of rotatable bonds is 5. The van der Waals surface area contributed by atoms with E-state index in [2.05, 4.69) is 5.16 Å². The summed E-state index contributed by atoms with van der Waals surface area (Å²) in [5.41, 5.74) is 0.341. The number of aliphatic hydroxyl groups excluding tert-OH is 1. The Bertz CT molecular complexity index is 652. The van der Waals surface area contributed by atoms with Crippen LogP contribution in [0.15, 0.2) is 34.9 Å². The molecule has 5 nitrogen and oxygen atoms in total. The minimum atomic E-state index is -0.649. The Labute approximate surface area is 128 Å². The Morgan fingerprint density at radius 1 is 1.36 bits per heavy atom. The second-order valence-electron chi connectivity index (χ2n) is 5.46. The highest BCUT2D eigenvalue weighted by Gasteiger charge is 2.24. The van der Waals surface area contributed by atoms with Crippen molar-refractivity contribution in [1.82, 2.24) is 10.1 Å². The number of hydrogen-bond acceptors (Lipinski definition) is 4. The average Bonchev–Trinajstić information content (AvgIpc) is 2.93. The van der Waals surface area contributed by atoms with E-state index in [1.807, 2.05) is 13.8 Å². The lowest BCUT2D eigenvalue weighted by atomic mass is 10.1. The predicted molar refractivity (Wildman–Crippen MR) is 79.8 cm³/mol. The topological polar surface area (TPSA) is 66.6 Å². The molecule has 0 saturated carbocycles. The third kappa shape index (κ3) is 3.51. The minimum absolute atomic E-state index is 0.0904. The molecular formula is C16H19FN2O3. The first-order valence-corrected chi connectivity index (χ1v) is 7.10. The number of benzene rings is 1. The third-order valence-electron chi connectivity index (χ3n) is 3.21. The van der Waals surface area contributed by atoms with E-state index in [1.165, 1.54) is 17.0 Å². The minimum Gasteiger partial charge on any atom is -0.392 e. The fourth-order valence-electron chi connectivity index (χ4n) is 2.12. The van der Waals surface area contributed by atoms with E-state index in [9.17, 15) is 14.3 Å². The molecule has 1 aromatic heterocycles. The van der Waals surface area contributed by atoms with E-state index in [1.54, 1.807) is 25.1 Å². The van der Waals surface area contributed by atoms with Crippen LogP contribution in [0.1, 0.15) is 31.3 Å². The Morgan fingerprint density at radius 3 is 2.64 bits per heavy atom. The molecule has 1 unspecified atom stereocenters. The summed E-state index contributed by atoms with van der Waals surface area (Å²) in [4.78, 5) is 13.9. The molecule has 6 heteroatoms. The maximum absolute atomic E-state index is 13.7. The van der Waals surface area contributed by atoms with Gasteiger partial charge in [-0.3, -0.25) is 4.79 Å². The van der Waals surface area contributed by atoms with Gasteiger partial charge >= 0.3 is 0 Å². The van der Waals surface area contributed by atoms with Crippen molar-refractivity contribution in [2.75, 3.05) is 6.54 Å². The van der Waals surface area contributed by atoms with E-state index >= 15 is 0 Å². The van der Waals surface area contributed by atoms with Crippen LogP contribution in [0.2, 0.25) is 0 Å². The second-order valence-corrected chi connectivity index (χ2v) is 5.46. The summed E-state index contributed by atoms with van der Waals surface area (Å²) in [6.07, 6.45) is -0.649. The maximum Gasteiger partial charge on any atom is 0.276 e. The average molecular weight is 306 g/mol. The molecule has 0 bridgehead atoms. The van der Waals surface area contributed by atoms with Gasteiger partial charge in [0.2, 0.25) is 0 Å². The molecule has 0 fully saturated rings. The summed E-state index contributed by atoms with van der Waals surface area (Å²) in [5, 5.41) is 13.2. The number of nitrogens with zero attached hydrogens (tertiary/aromatic N) is 2. The van der Waals surface area contributed by atoms with Crippen LogP contribution in [0.5, 0.6) is 0 Å². The summed E-state index contributed by atoms with van der Waals surface area (Å²) < 4.78 is 18.8. The van der Waals surface area contributed by atoms with Crippen LogP contribution in [0.3, 0.4) is 0 Å². The largest absolute Gasteiger partial charge is 0.392 e. The Morgan fingerprint density at radius 2 is 2.05 bits per heavy atom. The molecule has 0 aliphatic rings. The monoisotopic (exact) mass is 306 g/mol. The predicted octanol–water partition coefficient (Wildman–Crippen LogP) is 2.71. The lowest BCUT2D eigenvalue weighted by Crippen LogP contribution is -2.41. The first-order chi connectivity index (χ1) is 10.4. The van der Waals surface area contributed by atoms with Crippen molar-refractivity contribution in [3.05, 3.63) is 41.8 Å². The fraction of sp³-hybridized carbons (Fsp3) is 0.375. The molecular weight excluding hydrogens is 287 g/mol. The lowest BCUT2D eigenvalue weighted by Gasteiger charge is -2.26. The number of hydrogen-bond donors (Lipinski definition) is 1. The summed E-state index contributed by atoms with van der Waals surface area (Å²) in [5.74, 6) is -0.605. The normalized spacial score (nSPS) is 12.5. The zero-order valence-corrected chi connectivity index (χ0v) is 12.8. The van der Waals surface area contributed by atoms with Crippen molar-refractivity contribution in [3.63, 3.8) is 0 Å². The van der Waals surface area contributed by atoms with Crippen LogP contribution < -0.4 is 0 Å². The highest BCUT2D eigenvalue weighted by Crippen LogP contribution is 2.24. The summed E-state index contributed by atoms with van der Waals surface area (Å²) in [6, 6.07) is 7.43. The van der Waals surface area contributed by atoms with Crippen molar-refractivity contribution in [2.45, 2.75) is 32.9 Å². The fourth-order valence-corrected chi connectivity index (χ4v) is 2.12. The van der Waals surface area contributed by atoms with E-state index in [-0.39, 0.29) is 35.5 Å². The first-order valence-electron chi connectivity index (χ1n) is 7.10. The molecule has 1 atom stereocenters. The number of carbonyl (C=O) groups is 1. The van der Waals surface area contributed by atoms with Crippen LogP contribution in [0.25, 0.3) is 11.3 Å². The zero-order valence-electron chi connectivity index (χ0n) is 12.8. The highest BCUT2D eigenvalue weighted by atomic mass is 19.1. The van der Waals surface area contributed by atoms with Gasteiger partial charge in [0.05, 0.1) is 11.7 Å². The zero-order chi connectivity index (χ0) is 16.3. The van der Waals surface area contributed by atoms with Gasteiger partial charge in [-0.05, 0) is 32.9 Å². The number of amides is 1. The molecule has 1 N–H and O–H groups in total. The smallest absolute Gasteiger partial charge is 0.276 e. The van der Waals surface area contributed by atoms with Gasteiger partial charge in [-0.25, -0.2) is 4.39 Å². The molecule has 2 aromatic rings. The molecule has 1 heterocycles. The molecule has 0 spiro atoms. The molecule has 1 amide bonds. The van der Waals surface area contributed by atoms with Crippen molar-refractivity contribution >= 4 is 5.91 Å². The number of aliphatic hydroxyl groups is 1. The quantitative estimate of drug-likeness (QED) is 0.922. The number of aromatic nitrogens is 1. The van der Waals surface area contributed by atoms with Gasteiger partial charge < -0.3 is 14.5 Å². The summed E-state index contributed by atoms with van der Waals surface area (Å²) in [6.45, 7) is 5.49. The van der Waals surface area contributed by atoms with Gasteiger partial charge in [-0.15, -0.1) is 0 Å². The molecule has 1 aromatic carbocycles. The Kier molecular flexibility index (Phi) is 4.92. The molecule has 0 saturated heterocycles. The van der Waals surface area contributed by atoms with Crippen LogP contribution in [-0.4, -0.2) is 39.8 Å². The van der Waals surface area contributed by atoms with Gasteiger partial charge in [0.25, 0.3) is 5.91 Å². The Hall–Kier alpha value is -2.21. The SMILES string of the molecule is CC(O)CN(C(=O)c1cc(-c2ccccc2F)on1)C(C)C. The molecule has 2 rings (SSSR count). The van der Waals surface area contributed by atoms with Crippen molar-refractivity contribution in [2.24, 2.45) is 0 Å². The van der Waals surface area contributed by atoms with Gasteiger partial charge in [-0.2, -0.15) is 0 Å². The molecule has 0 radical (unpaired) electrons. The van der Waals surface area contributed by atoms with E-state index < -0.39 is 11.9 Å². The van der Waals surface area contributed by atoms with Crippen LogP contribution >= 0.6 is 0 Å². The van der Waals surface area contributed by atoms with E-state index in [4.69, 9.17) is 4.52 Å². The lowest BCUT2D eigenvalue weighted by molar-refractivity contribution is 0.0569. The van der Waals surface area contributed by atoms with Gasteiger partial charge in [-0.1, -0.05) is 17.3 Å². The second kappa shape index (κ2) is 6.70. The van der Waals surface area contributed by atoms with Crippen molar-refractivity contribution < 1.29 is 18.8 Å². The van der Waals surface area contributed by atoms with Crippen LogP contribution in [0.4, 0.5) is 4.39 Å². The highest BCUT2D eigenvalue weighted by molar-refractivity contribution is 5.93. The molecule has 22 heavy (non-hydrogen) atoms. The molecule has 118 valence electrons. The first kappa shape index (κ1) is 16.2. The molecule has 0 aliphatic heterocycles. The maximum atomic E-state index is 13.7. The van der Waals surface area contributed by atoms with Crippen LogP contribution in [-0.2, 0) is 0 Å². The Balaban J connectivity index is 2.27. The van der Waals surface area contributed by atoms with Gasteiger partial charge in [0, 0.05) is 18.7 Å². The summed E-state index contributed by atoms with van der Waals surface area (Å²) in [7, 11) is 0. The standard InChI is InChI=1S/C16H19FN2O3/c1-10(2)19(9-11(3)20)16(21)14-8-15(22-18-14)12-6-4-5-7-13(12)17/h4-8,10-11,20H,9H2,1-3H3. The van der Waals surface area contributed by atoms with Crippen molar-refractivity contribution in [1.29, 1.82) is 0 Å². The van der Waals surface area contributed by atoms with Crippen molar-refractivity contribution in [3.8, 4) is 11.3 Å². The van der Waals surface area contributed by atoms with E-state index in [0.717, 1.165) is 0 Å². The van der Waals surface area contributed by atoms with Gasteiger partial charge in [0.15, 0.2) is 11.5 Å². The van der Waals surface area contributed by atoms with Gasteiger partial charge in [0.1, 0.15) is 5.82 Å². The molecule has 0 aliphatic carbocycles. The number of carbonyl (C=O) groups excluding carboxylic acids is 1. The summed E-state index contributed by atoms with van der Waals surface area (Å²) >= 11 is 0. The number of halogens is 1.